The molecule has 1 unspecified atom stereocenters. The van der Waals surface area contributed by atoms with E-state index in [-0.39, 0.29) is 5.02 Å². The minimum atomic E-state index is -0.459. The van der Waals surface area contributed by atoms with Crippen LogP contribution < -0.4 is 10.1 Å². The predicted molar refractivity (Wildman–Crippen MR) is 77.6 cm³/mol. The summed E-state index contributed by atoms with van der Waals surface area (Å²) in [7, 11) is 0. The highest BCUT2D eigenvalue weighted by Gasteiger charge is 2.05. The van der Waals surface area contributed by atoms with Crippen molar-refractivity contribution < 1.29 is 9.13 Å². The molecule has 0 saturated heterocycles. The number of hydrogen-bond acceptors (Lipinski definition) is 3. The van der Waals surface area contributed by atoms with Gasteiger partial charge in [-0.15, -0.1) is 11.3 Å². The second kappa shape index (κ2) is 6.89. The van der Waals surface area contributed by atoms with Gasteiger partial charge in [0, 0.05) is 23.5 Å². The zero-order chi connectivity index (χ0) is 13.7. The molecule has 2 nitrogen and oxygen atoms in total. The maximum Gasteiger partial charge on any atom is 0.145 e. The Morgan fingerprint density at radius 2 is 2.26 bits per heavy atom. The number of halogens is 2. The molecule has 19 heavy (non-hydrogen) atoms. The van der Waals surface area contributed by atoms with Crippen molar-refractivity contribution in [3.8, 4) is 5.75 Å². The number of thiophene rings is 1. The molecule has 0 bridgehead atoms. The second-order valence-electron chi connectivity index (χ2n) is 4.12. The monoisotopic (exact) mass is 299 g/mol. The maximum atomic E-state index is 13.2. The Kier molecular flexibility index (Phi) is 5.19. The first-order valence-electron chi connectivity index (χ1n) is 6.01. The fourth-order valence-corrected chi connectivity index (χ4v) is 2.53. The molecule has 2 aromatic rings. The van der Waals surface area contributed by atoms with Crippen molar-refractivity contribution in [3.05, 3.63) is 51.4 Å². The normalized spacial score (nSPS) is 12.4. The van der Waals surface area contributed by atoms with Crippen LogP contribution >= 0.6 is 22.9 Å². The lowest BCUT2D eigenvalue weighted by Gasteiger charge is -2.12. The van der Waals surface area contributed by atoms with E-state index in [0.29, 0.717) is 24.9 Å². The van der Waals surface area contributed by atoms with Crippen LogP contribution in [0.15, 0.2) is 35.7 Å². The smallest absolute Gasteiger partial charge is 0.145 e. The molecule has 1 heterocycles. The zero-order valence-corrected chi connectivity index (χ0v) is 12.1. The SMILES string of the molecule is CC(NCCOc1ccc(Cl)c(F)c1)c1cccs1. The van der Waals surface area contributed by atoms with E-state index in [1.54, 1.807) is 17.4 Å². The standard InChI is InChI=1S/C14H15ClFNOS/c1-10(14-3-2-8-19-14)17-6-7-18-11-4-5-12(15)13(16)9-11/h2-5,8-10,17H,6-7H2,1H3. The van der Waals surface area contributed by atoms with E-state index >= 15 is 0 Å². The summed E-state index contributed by atoms with van der Waals surface area (Å²) >= 11 is 7.32. The number of hydrogen-bond donors (Lipinski definition) is 1. The highest BCUT2D eigenvalue weighted by atomic mass is 35.5. The Bertz CT molecular complexity index is 518. The summed E-state index contributed by atoms with van der Waals surface area (Å²) in [5, 5.41) is 5.51. The van der Waals surface area contributed by atoms with Crippen LogP contribution in [-0.4, -0.2) is 13.2 Å². The van der Waals surface area contributed by atoms with E-state index in [0.717, 1.165) is 0 Å². The van der Waals surface area contributed by atoms with Gasteiger partial charge >= 0.3 is 0 Å². The van der Waals surface area contributed by atoms with Crippen LogP contribution in [0.25, 0.3) is 0 Å². The highest BCUT2D eigenvalue weighted by molar-refractivity contribution is 7.10. The fourth-order valence-electron chi connectivity index (χ4n) is 1.65. The molecule has 1 aromatic carbocycles. The molecule has 2 rings (SSSR count). The lowest BCUT2D eigenvalue weighted by molar-refractivity contribution is 0.306. The Morgan fingerprint density at radius 1 is 1.42 bits per heavy atom. The Morgan fingerprint density at radius 3 is 2.95 bits per heavy atom. The maximum absolute atomic E-state index is 13.2. The lowest BCUT2D eigenvalue weighted by atomic mass is 10.3. The van der Waals surface area contributed by atoms with Crippen molar-refractivity contribution in [1.29, 1.82) is 0 Å². The summed E-state index contributed by atoms with van der Waals surface area (Å²) in [4.78, 5) is 1.29. The molecule has 0 aliphatic rings. The highest BCUT2D eigenvalue weighted by Crippen LogP contribution is 2.20. The largest absolute Gasteiger partial charge is 0.492 e. The van der Waals surface area contributed by atoms with E-state index < -0.39 is 5.82 Å². The molecule has 0 spiro atoms. The van der Waals surface area contributed by atoms with Crippen LogP contribution in [0.1, 0.15) is 17.8 Å². The van der Waals surface area contributed by atoms with Gasteiger partial charge in [-0.2, -0.15) is 0 Å². The molecule has 102 valence electrons. The van der Waals surface area contributed by atoms with Gasteiger partial charge in [0.2, 0.25) is 0 Å². The molecule has 0 fully saturated rings. The molecule has 1 atom stereocenters. The van der Waals surface area contributed by atoms with E-state index in [2.05, 4.69) is 23.7 Å². The van der Waals surface area contributed by atoms with Gasteiger partial charge in [-0.3, -0.25) is 0 Å². The summed E-state index contributed by atoms with van der Waals surface area (Å²) in [6.07, 6.45) is 0. The van der Waals surface area contributed by atoms with Crippen LogP contribution in [-0.2, 0) is 0 Å². The van der Waals surface area contributed by atoms with Crippen LogP contribution in [0.5, 0.6) is 5.75 Å². The average molecular weight is 300 g/mol. The van der Waals surface area contributed by atoms with Crippen molar-refractivity contribution in [2.45, 2.75) is 13.0 Å². The molecular formula is C14H15ClFNOS. The second-order valence-corrected chi connectivity index (χ2v) is 5.50. The van der Waals surface area contributed by atoms with E-state index in [1.165, 1.54) is 17.0 Å². The van der Waals surface area contributed by atoms with E-state index in [4.69, 9.17) is 16.3 Å². The lowest BCUT2D eigenvalue weighted by Crippen LogP contribution is -2.23. The minimum Gasteiger partial charge on any atom is -0.492 e. The Balaban J connectivity index is 1.73. The van der Waals surface area contributed by atoms with E-state index in [9.17, 15) is 4.39 Å². The first-order chi connectivity index (χ1) is 9.16. The fraction of sp³-hybridized carbons (Fsp3) is 0.286. The van der Waals surface area contributed by atoms with Crippen LogP contribution in [0.3, 0.4) is 0 Å². The number of rotatable bonds is 6. The molecule has 0 radical (unpaired) electrons. The van der Waals surface area contributed by atoms with Crippen molar-refractivity contribution >= 4 is 22.9 Å². The van der Waals surface area contributed by atoms with Gasteiger partial charge in [0.1, 0.15) is 18.2 Å². The Hall–Kier alpha value is -1.10. The number of ether oxygens (including phenoxy) is 1. The van der Waals surface area contributed by atoms with Crippen molar-refractivity contribution in [2.24, 2.45) is 0 Å². The molecular weight excluding hydrogens is 285 g/mol. The zero-order valence-electron chi connectivity index (χ0n) is 10.5. The van der Waals surface area contributed by atoms with Gasteiger partial charge in [0.25, 0.3) is 0 Å². The average Bonchev–Trinajstić information content (AvgIpc) is 2.92. The Labute approximate surface area is 121 Å². The number of benzene rings is 1. The van der Waals surface area contributed by atoms with E-state index in [1.807, 2.05) is 6.07 Å². The summed E-state index contributed by atoms with van der Waals surface area (Å²) in [5.74, 6) is 0.0338. The third kappa shape index (κ3) is 4.20. The van der Waals surface area contributed by atoms with Crippen molar-refractivity contribution in [1.82, 2.24) is 5.32 Å². The molecule has 1 N–H and O–H groups in total. The van der Waals surface area contributed by atoms with Gasteiger partial charge in [0.05, 0.1) is 5.02 Å². The quantitative estimate of drug-likeness (QED) is 0.804. The first kappa shape index (κ1) is 14.3. The summed E-state index contributed by atoms with van der Waals surface area (Å²) in [5.41, 5.74) is 0. The molecule has 0 saturated carbocycles. The topological polar surface area (TPSA) is 21.3 Å². The molecule has 0 aliphatic heterocycles. The van der Waals surface area contributed by atoms with Crippen LogP contribution in [0, 0.1) is 5.82 Å². The number of nitrogens with one attached hydrogen (secondary N) is 1. The predicted octanol–water partition coefficient (Wildman–Crippen LogP) is 4.27. The molecule has 0 amide bonds. The van der Waals surface area contributed by atoms with Crippen molar-refractivity contribution in [3.63, 3.8) is 0 Å². The molecule has 5 heteroatoms. The van der Waals surface area contributed by atoms with Crippen LogP contribution in [0.4, 0.5) is 4.39 Å². The first-order valence-corrected chi connectivity index (χ1v) is 7.27. The van der Waals surface area contributed by atoms with Gasteiger partial charge in [-0.1, -0.05) is 17.7 Å². The van der Waals surface area contributed by atoms with Gasteiger partial charge in [-0.25, -0.2) is 4.39 Å². The summed E-state index contributed by atoms with van der Waals surface area (Å²) in [6.45, 7) is 3.29. The molecule has 0 aliphatic carbocycles. The van der Waals surface area contributed by atoms with Gasteiger partial charge < -0.3 is 10.1 Å². The van der Waals surface area contributed by atoms with Crippen LogP contribution in [0.2, 0.25) is 5.02 Å². The summed E-state index contributed by atoms with van der Waals surface area (Å²) < 4.78 is 18.6. The third-order valence-corrected chi connectivity index (χ3v) is 4.04. The minimum absolute atomic E-state index is 0.108. The third-order valence-electron chi connectivity index (χ3n) is 2.68. The summed E-state index contributed by atoms with van der Waals surface area (Å²) in [6, 6.07) is 8.88. The van der Waals surface area contributed by atoms with Gasteiger partial charge in [-0.05, 0) is 30.5 Å². The molecule has 1 aromatic heterocycles. The van der Waals surface area contributed by atoms with Gasteiger partial charge in [0.15, 0.2) is 0 Å². The van der Waals surface area contributed by atoms with Crippen molar-refractivity contribution in [2.75, 3.05) is 13.2 Å².